The van der Waals surface area contributed by atoms with Crippen LogP contribution in [-0.4, -0.2) is 17.5 Å². The van der Waals surface area contributed by atoms with Gasteiger partial charge in [-0.1, -0.05) is 0 Å². The van der Waals surface area contributed by atoms with Gasteiger partial charge in [0.05, 0.1) is 5.60 Å². The van der Waals surface area contributed by atoms with Gasteiger partial charge >= 0.3 is 0 Å². The van der Waals surface area contributed by atoms with Crippen molar-refractivity contribution in [1.82, 2.24) is 0 Å². The number of rotatable bonds is 3. The fourth-order valence-corrected chi connectivity index (χ4v) is 0.443. The van der Waals surface area contributed by atoms with Crippen molar-refractivity contribution in [2.24, 2.45) is 0 Å². The Morgan fingerprint density at radius 2 is 1.54 bits per heavy atom. The molecule has 0 aliphatic heterocycles. The summed E-state index contributed by atoms with van der Waals surface area (Å²) in [6, 6.07) is 0. The number of ether oxygens (including phenoxy) is 1. The molecule has 0 amide bonds. The Morgan fingerprint density at radius 1 is 1.08 bits per heavy atom. The number of hydrogen-bond acceptors (Lipinski definition) is 5. The van der Waals surface area contributed by atoms with Gasteiger partial charge in [0, 0.05) is 0 Å². The molecule has 13 heavy (non-hydrogen) atoms. The molecule has 0 saturated heterocycles. The highest BCUT2D eigenvalue weighted by molar-refractivity contribution is 5.54. The molecule has 0 fully saturated rings. The smallest absolute Gasteiger partial charge is 0.254 e. The van der Waals surface area contributed by atoms with Crippen LogP contribution in [0.2, 0.25) is 0 Å². The lowest BCUT2D eigenvalue weighted by atomic mass is 10.2. The maximum atomic E-state index is 10.1. The zero-order valence-electron chi connectivity index (χ0n) is 8.54. The summed E-state index contributed by atoms with van der Waals surface area (Å²) in [6.45, 7) is 8.12. The maximum Gasteiger partial charge on any atom is 0.254 e. The van der Waals surface area contributed by atoms with Crippen molar-refractivity contribution in [3.05, 3.63) is 0 Å². The molecule has 0 spiro atoms. The van der Waals surface area contributed by atoms with Gasteiger partial charge < -0.3 is 14.6 Å². The normalized spacial score (nSPS) is 12.7. The minimum absolute atomic E-state index is 0.521. The standard InChI is InChI=1S/C8H16O5/c1-7(2,3)12-13-8(4,5)11-6(9)10/h1-5H3,(H,9,10)/p-1. The zero-order valence-corrected chi connectivity index (χ0v) is 8.54. The van der Waals surface area contributed by atoms with Gasteiger partial charge in [-0.25, -0.2) is 9.78 Å². The van der Waals surface area contributed by atoms with Crippen molar-refractivity contribution >= 4 is 6.16 Å². The van der Waals surface area contributed by atoms with E-state index < -0.39 is 17.5 Å². The minimum Gasteiger partial charge on any atom is -0.516 e. The van der Waals surface area contributed by atoms with Gasteiger partial charge in [0.2, 0.25) is 0 Å². The molecule has 0 aromatic rings. The number of carbonyl (C=O) groups is 1. The quantitative estimate of drug-likeness (QED) is 0.286. The molecule has 0 aromatic heterocycles. The molecule has 0 radical (unpaired) electrons. The molecule has 0 aromatic carbocycles. The van der Waals surface area contributed by atoms with Crippen LogP contribution in [0.15, 0.2) is 0 Å². The van der Waals surface area contributed by atoms with Crippen molar-refractivity contribution < 1.29 is 24.4 Å². The predicted octanol–water partition coefficient (Wildman–Crippen LogP) is 0.829. The third-order valence-electron chi connectivity index (χ3n) is 0.821. The lowest BCUT2D eigenvalue weighted by Gasteiger charge is -2.31. The highest BCUT2D eigenvalue weighted by atomic mass is 17.2. The molecule has 0 rings (SSSR count). The topological polar surface area (TPSA) is 67.8 Å². The molecule has 0 heterocycles. The van der Waals surface area contributed by atoms with Gasteiger partial charge in [-0.05, 0) is 34.6 Å². The van der Waals surface area contributed by atoms with Crippen molar-refractivity contribution in [3.8, 4) is 0 Å². The summed E-state index contributed by atoms with van der Waals surface area (Å²) in [4.78, 5) is 19.7. The first-order valence-corrected chi connectivity index (χ1v) is 3.89. The zero-order chi connectivity index (χ0) is 10.7. The molecule has 0 atom stereocenters. The SMILES string of the molecule is CC(C)(C)OOC(C)(C)OC(=O)[O-]. The average Bonchev–Trinajstić information content (AvgIpc) is 1.79. The van der Waals surface area contributed by atoms with Crippen LogP contribution in [0.1, 0.15) is 34.6 Å². The van der Waals surface area contributed by atoms with Crippen LogP contribution in [0.4, 0.5) is 4.79 Å². The Kier molecular flexibility index (Phi) is 3.69. The van der Waals surface area contributed by atoms with Gasteiger partial charge in [-0.3, -0.25) is 0 Å². The largest absolute Gasteiger partial charge is 0.516 e. The van der Waals surface area contributed by atoms with E-state index in [0.29, 0.717) is 0 Å². The summed E-state index contributed by atoms with van der Waals surface area (Å²) in [5.74, 6) is -1.36. The van der Waals surface area contributed by atoms with Gasteiger partial charge in [0.1, 0.15) is 0 Å². The van der Waals surface area contributed by atoms with Crippen LogP contribution in [-0.2, 0) is 14.5 Å². The third kappa shape index (κ3) is 7.55. The van der Waals surface area contributed by atoms with Gasteiger partial charge in [0.25, 0.3) is 6.16 Å². The molecule has 0 unspecified atom stereocenters. The Labute approximate surface area is 77.5 Å². The first kappa shape index (κ1) is 12.2. The Bertz CT molecular complexity index is 179. The molecule has 0 aliphatic carbocycles. The fraction of sp³-hybridized carbons (Fsp3) is 0.875. The van der Waals surface area contributed by atoms with E-state index in [9.17, 15) is 9.90 Å². The summed E-state index contributed by atoms with van der Waals surface area (Å²) in [6.07, 6.45) is -1.65. The Hall–Kier alpha value is -0.810. The molecule has 78 valence electrons. The lowest BCUT2D eigenvalue weighted by Crippen LogP contribution is -2.39. The molecule has 5 heteroatoms. The molecule has 0 saturated carbocycles. The van der Waals surface area contributed by atoms with Crippen LogP contribution in [0.5, 0.6) is 0 Å². The summed E-state index contributed by atoms with van der Waals surface area (Å²) in [7, 11) is 0. The Balaban J connectivity index is 3.96. The van der Waals surface area contributed by atoms with E-state index in [1.165, 1.54) is 13.8 Å². The second kappa shape index (κ2) is 3.93. The van der Waals surface area contributed by atoms with Crippen LogP contribution in [0, 0.1) is 0 Å². The van der Waals surface area contributed by atoms with E-state index in [0.717, 1.165) is 0 Å². The molecule has 0 aliphatic rings. The van der Waals surface area contributed by atoms with Gasteiger partial charge in [0.15, 0.2) is 5.79 Å². The maximum absolute atomic E-state index is 10.1. The second-order valence-electron chi connectivity index (χ2n) is 4.03. The van der Waals surface area contributed by atoms with Crippen LogP contribution >= 0.6 is 0 Å². The molecular formula is C8H15O5-. The van der Waals surface area contributed by atoms with E-state index in [1.54, 1.807) is 20.8 Å². The average molecular weight is 191 g/mol. The first-order chi connectivity index (χ1) is 5.62. The van der Waals surface area contributed by atoms with E-state index in [2.05, 4.69) is 4.74 Å². The van der Waals surface area contributed by atoms with Crippen LogP contribution in [0.3, 0.4) is 0 Å². The van der Waals surface area contributed by atoms with E-state index >= 15 is 0 Å². The minimum atomic E-state index is -1.65. The molecule has 0 bridgehead atoms. The van der Waals surface area contributed by atoms with E-state index in [-0.39, 0.29) is 0 Å². The van der Waals surface area contributed by atoms with Crippen LogP contribution in [0.25, 0.3) is 0 Å². The van der Waals surface area contributed by atoms with Crippen molar-refractivity contribution in [2.75, 3.05) is 0 Å². The summed E-state index contributed by atoms with van der Waals surface area (Å²) < 4.78 is 4.29. The fourth-order valence-electron chi connectivity index (χ4n) is 0.443. The highest BCUT2D eigenvalue weighted by Gasteiger charge is 2.22. The summed E-state index contributed by atoms with van der Waals surface area (Å²) in [5, 5.41) is 10.1. The highest BCUT2D eigenvalue weighted by Crippen LogP contribution is 2.16. The third-order valence-corrected chi connectivity index (χ3v) is 0.821. The predicted molar refractivity (Wildman–Crippen MR) is 42.5 cm³/mol. The Morgan fingerprint density at radius 3 is 1.85 bits per heavy atom. The van der Waals surface area contributed by atoms with Crippen LogP contribution < -0.4 is 5.11 Å². The van der Waals surface area contributed by atoms with Crippen molar-refractivity contribution in [1.29, 1.82) is 0 Å². The van der Waals surface area contributed by atoms with Gasteiger partial charge in [-0.15, -0.1) is 0 Å². The number of carbonyl (C=O) groups excluding carboxylic acids is 1. The van der Waals surface area contributed by atoms with Gasteiger partial charge in [-0.2, -0.15) is 0 Å². The van der Waals surface area contributed by atoms with E-state index in [4.69, 9.17) is 9.78 Å². The number of hydrogen-bond donors (Lipinski definition) is 0. The first-order valence-electron chi connectivity index (χ1n) is 3.89. The van der Waals surface area contributed by atoms with E-state index in [1.807, 2.05) is 0 Å². The molecule has 5 nitrogen and oxygen atoms in total. The number of carboxylic acid groups (broad SMARTS) is 1. The summed E-state index contributed by atoms with van der Waals surface area (Å²) >= 11 is 0. The molecular weight excluding hydrogens is 176 g/mol. The van der Waals surface area contributed by atoms with Crippen molar-refractivity contribution in [2.45, 2.75) is 46.0 Å². The molecule has 0 N–H and O–H groups in total. The summed E-state index contributed by atoms with van der Waals surface area (Å²) in [5.41, 5.74) is -0.521. The monoisotopic (exact) mass is 191 g/mol. The lowest BCUT2D eigenvalue weighted by molar-refractivity contribution is -0.451. The second-order valence-corrected chi connectivity index (χ2v) is 4.03. The van der Waals surface area contributed by atoms with Crippen molar-refractivity contribution in [3.63, 3.8) is 0 Å².